The number of aromatic nitrogens is 2. The van der Waals surface area contributed by atoms with Gasteiger partial charge in [-0.1, -0.05) is 12.1 Å². The minimum atomic E-state index is -0.329. The monoisotopic (exact) mass is 270 g/mol. The Hall–Kier alpha value is -1.97. The van der Waals surface area contributed by atoms with Gasteiger partial charge in [0.05, 0.1) is 11.1 Å². The van der Waals surface area contributed by atoms with Gasteiger partial charge in [0.2, 0.25) is 0 Å². The molecule has 0 saturated heterocycles. The summed E-state index contributed by atoms with van der Waals surface area (Å²) in [6.45, 7) is 3.78. The molecule has 0 aliphatic heterocycles. The molecular formula is C16H15FN2O. The second-order valence-corrected chi connectivity index (χ2v) is 6.17. The van der Waals surface area contributed by atoms with Gasteiger partial charge in [0.1, 0.15) is 5.82 Å². The summed E-state index contributed by atoms with van der Waals surface area (Å²) in [5.41, 5.74) is 2.22. The highest BCUT2D eigenvalue weighted by Gasteiger charge is 2.87. The summed E-state index contributed by atoms with van der Waals surface area (Å²) in [5.74, 6) is -0.171. The van der Waals surface area contributed by atoms with Crippen LogP contribution in [0, 0.1) is 25.1 Å². The minimum absolute atomic E-state index is 0.0624. The second kappa shape index (κ2) is 3.37. The zero-order valence-corrected chi connectivity index (χ0v) is 11.5. The molecule has 1 aromatic heterocycles. The molecule has 3 nitrogen and oxygen atoms in total. The Morgan fingerprint density at radius 1 is 1.30 bits per heavy atom. The maximum absolute atomic E-state index is 13.4. The van der Waals surface area contributed by atoms with Crippen LogP contribution in [0.3, 0.4) is 0 Å². The average Bonchev–Trinajstić information content (AvgIpc) is 3.18. The lowest BCUT2D eigenvalue weighted by molar-refractivity contribution is 0.0832. The van der Waals surface area contributed by atoms with Crippen LogP contribution >= 0.6 is 0 Å². The Morgan fingerprint density at radius 3 is 2.65 bits per heavy atom. The van der Waals surface area contributed by atoms with Gasteiger partial charge in [0.25, 0.3) is 5.91 Å². The maximum atomic E-state index is 13.4. The highest BCUT2D eigenvalue weighted by atomic mass is 19.1. The van der Waals surface area contributed by atoms with Crippen LogP contribution in [0.5, 0.6) is 0 Å². The molecule has 0 unspecified atom stereocenters. The zero-order chi connectivity index (χ0) is 14.1. The first-order valence-corrected chi connectivity index (χ1v) is 6.83. The van der Waals surface area contributed by atoms with Crippen LogP contribution in [-0.2, 0) is 5.41 Å². The van der Waals surface area contributed by atoms with Gasteiger partial charge in [0.15, 0.2) is 0 Å². The Kier molecular flexibility index (Phi) is 1.99. The molecule has 0 spiro atoms. The molecule has 2 aliphatic carbocycles. The molecule has 20 heavy (non-hydrogen) atoms. The Morgan fingerprint density at radius 2 is 2.05 bits per heavy atom. The molecule has 2 saturated carbocycles. The maximum Gasteiger partial charge on any atom is 0.254 e. The van der Waals surface area contributed by atoms with E-state index in [9.17, 15) is 9.18 Å². The predicted molar refractivity (Wildman–Crippen MR) is 72.1 cm³/mol. The lowest BCUT2D eigenvalue weighted by atomic mass is 10.0. The number of carbonyl (C=O) groups is 1. The van der Waals surface area contributed by atoms with Crippen molar-refractivity contribution in [3.63, 3.8) is 0 Å². The number of nitrogens with zero attached hydrogens (tertiary/aromatic N) is 2. The minimum Gasteiger partial charge on any atom is -0.272 e. The van der Waals surface area contributed by atoms with Gasteiger partial charge in [0, 0.05) is 11.1 Å². The normalized spacial score (nSPS) is 29.9. The van der Waals surface area contributed by atoms with Crippen molar-refractivity contribution in [2.45, 2.75) is 32.1 Å². The summed E-state index contributed by atoms with van der Waals surface area (Å²) in [5, 5.41) is 4.28. The molecule has 2 fully saturated rings. The Bertz CT molecular complexity index is 741. The fourth-order valence-corrected chi connectivity index (χ4v) is 3.55. The molecule has 1 aromatic carbocycles. The number of hydrogen-bond acceptors (Lipinski definition) is 2. The molecule has 2 aliphatic rings. The van der Waals surface area contributed by atoms with Crippen molar-refractivity contribution < 1.29 is 9.18 Å². The van der Waals surface area contributed by atoms with E-state index in [1.54, 1.807) is 12.1 Å². The summed E-state index contributed by atoms with van der Waals surface area (Å²) in [7, 11) is 0. The summed E-state index contributed by atoms with van der Waals surface area (Å²) >= 11 is 0. The van der Waals surface area contributed by atoms with Crippen molar-refractivity contribution in [3.05, 3.63) is 53.1 Å². The summed E-state index contributed by atoms with van der Waals surface area (Å²) in [4.78, 5) is 12.7. The molecule has 0 amide bonds. The predicted octanol–water partition coefficient (Wildman–Crippen LogP) is 3.01. The fourth-order valence-electron chi connectivity index (χ4n) is 3.55. The fraction of sp³-hybridized carbons (Fsp3) is 0.375. The SMILES string of the molecule is Cc1cc(C)n(C(=O)C23CC2(c2cccc(F)c2)C3)n1. The number of halogens is 1. The molecule has 4 rings (SSSR count). The lowest BCUT2D eigenvalue weighted by Crippen LogP contribution is -2.20. The summed E-state index contributed by atoms with van der Waals surface area (Å²) in [6, 6.07) is 8.54. The van der Waals surface area contributed by atoms with Crippen molar-refractivity contribution in [2.24, 2.45) is 5.41 Å². The van der Waals surface area contributed by atoms with Crippen LogP contribution in [0.1, 0.15) is 34.6 Å². The first kappa shape index (κ1) is 11.8. The summed E-state index contributed by atoms with van der Waals surface area (Å²) in [6.07, 6.45) is 1.64. The van der Waals surface area contributed by atoms with E-state index in [1.165, 1.54) is 10.7 Å². The standard InChI is InChI=1S/C16H15FN2O/c1-10-6-11(2)19(18-10)14(20)16-8-15(16,9-16)12-4-3-5-13(17)7-12/h3-7H,8-9H2,1-2H3. The van der Waals surface area contributed by atoms with E-state index >= 15 is 0 Å². The average molecular weight is 270 g/mol. The number of aryl methyl sites for hydroxylation is 2. The van der Waals surface area contributed by atoms with Crippen molar-refractivity contribution in [3.8, 4) is 0 Å². The van der Waals surface area contributed by atoms with Crippen LogP contribution in [-0.4, -0.2) is 15.7 Å². The molecular weight excluding hydrogens is 255 g/mol. The van der Waals surface area contributed by atoms with Gasteiger partial charge in [-0.3, -0.25) is 4.79 Å². The lowest BCUT2D eigenvalue weighted by Gasteiger charge is -2.03. The highest BCUT2D eigenvalue weighted by Crippen LogP contribution is 2.86. The Balaban J connectivity index is 1.68. The first-order chi connectivity index (χ1) is 9.48. The van der Waals surface area contributed by atoms with Crippen LogP contribution < -0.4 is 0 Å². The number of hydrogen-bond donors (Lipinski definition) is 0. The van der Waals surface area contributed by atoms with E-state index in [0.717, 1.165) is 29.8 Å². The third kappa shape index (κ3) is 1.29. The number of benzene rings is 1. The molecule has 0 atom stereocenters. The van der Waals surface area contributed by atoms with E-state index in [4.69, 9.17) is 0 Å². The highest BCUT2D eigenvalue weighted by molar-refractivity contribution is 5.96. The van der Waals surface area contributed by atoms with E-state index in [-0.39, 0.29) is 22.6 Å². The molecule has 0 radical (unpaired) electrons. The third-order valence-corrected chi connectivity index (χ3v) is 4.86. The number of carbonyl (C=O) groups excluding carboxylic acids is 1. The molecule has 1 heterocycles. The molecule has 0 bridgehead atoms. The summed E-state index contributed by atoms with van der Waals surface area (Å²) < 4.78 is 14.9. The van der Waals surface area contributed by atoms with Crippen LogP contribution in [0.2, 0.25) is 0 Å². The second-order valence-electron chi connectivity index (χ2n) is 6.17. The number of rotatable bonds is 2. The van der Waals surface area contributed by atoms with Crippen LogP contribution in [0.4, 0.5) is 4.39 Å². The van der Waals surface area contributed by atoms with Gasteiger partial charge in [-0.15, -0.1) is 0 Å². The van der Waals surface area contributed by atoms with Crippen LogP contribution in [0.25, 0.3) is 0 Å². The van der Waals surface area contributed by atoms with E-state index in [1.807, 2.05) is 26.0 Å². The smallest absolute Gasteiger partial charge is 0.254 e. The Labute approximate surface area is 116 Å². The number of fused-ring (bicyclic) bond motifs is 1. The van der Waals surface area contributed by atoms with Gasteiger partial charge in [-0.05, 0) is 50.5 Å². The quantitative estimate of drug-likeness (QED) is 0.840. The van der Waals surface area contributed by atoms with Crippen molar-refractivity contribution in [1.29, 1.82) is 0 Å². The van der Waals surface area contributed by atoms with Crippen molar-refractivity contribution in [1.82, 2.24) is 9.78 Å². The zero-order valence-electron chi connectivity index (χ0n) is 11.5. The van der Waals surface area contributed by atoms with Gasteiger partial charge in [-0.2, -0.15) is 5.10 Å². The molecule has 0 N–H and O–H groups in total. The van der Waals surface area contributed by atoms with E-state index in [2.05, 4.69) is 5.10 Å². The van der Waals surface area contributed by atoms with Gasteiger partial charge in [-0.25, -0.2) is 9.07 Å². The van der Waals surface area contributed by atoms with Gasteiger partial charge < -0.3 is 0 Å². The first-order valence-electron chi connectivity index (χ1n) is 6.83. The molecule has 102 valence electrons. The molecule has 4 heteroatoms. The molecule has 2 aromatic rings. The topological polar surface area (TPSA) is 34.9 Å². The van der Waals surface area contributed by atoms with E-state index < -0.39 is 0 Å². The van der Waals surface area contributed by atoms with Crippen molar-refractivity contribution >= 4 is 5.91 Å². The van der Waals surface area contributed by atoms with E-state index in [0.29, 0.717) is 0 Å². The largest absolute Gasteiger partial charge is 0.272 e. The van der Waals surface area contributed by atoms with Gasteiger partial charge >= 0.3 is 0 Å². The van der Waals surface area contributed by atoms with Crippen LogP contribution in [0.15, 0.2) is 30.3 Å². The van der Waals surface area contributed by atoms with Crippen molar-refractivity contribution in [2.75, 3.05) is 0 Å². The third-order valence-electron chi connectivity index (χ3n) is 4.86.